The smallest absolute Gasteiger partial charge is 0.165 e. The lowest BCUT2D eigenvalue weighted by Crippen LogP contribution is -2.30. The molecule has 0 saturated heterocycles. The van der Waals surface area contributed by atoms with E-state index in [1.807, 2.05) is 0 Å². The highest BCUT2D eigenvalue weighted by atomic mass is 19.1. The second kappa shape index (κ2) is 4.06. The molecule has 0 aliphatic heterocycles. The first-order valence-corrected chi connectivity index (χ1v) is 4.61. The molecule has 0 atom stereocenters. The first kappa shape index (κ1) is 11.8. The normalized spacial score (nSPS) is 11.3. The lowest BCUT2D eigenvalue weighted by molar-refractivity contribution is 0.346. The number of ether oxygens (including phenoxy) is 2. The van der Waals surface area contributed by atoms with Crippen LogP contribution in [-0.4, -0.2) is 14.2 Å². The van der Waals surface area contributed by atoms with Crippen LogP contribution in [0.5, 0.6) is 11.5 Å². The lowest BCUT2D eigenvalue weighted by atomic mass is 9.93. The number of rotatable bonds is 3. The van der Waals surface area contributed by atoms with Gasteiger partial charge in [-0.1, -0.05) is 0 Å². The molecule has 0 aromatic heterocycles. The molecule has 0 unspecified atom stereocenters. The van der Waals surface area contributed by atoms with Crippen molar-refractivity contribution >= 4 is 0 Å². The van der Waals surface area contributed by atoms with Gasteiger partial charge in [0.05, 0.1) is 19.8 Å². The zero-order valence-corrected chi connectivity index (χ0v) is 9.43. The summed E-state index contributed by atoms with van der Waals surface area (Å²) in [6.07, 6.45) is 0. The second-order valence-electron chi connectivity index (χ2n) is 3.88. The van der Waals surface area contributed by atoms with Crippen LogP contribution in [0.1, 0.15) is 19.4 Å². The SMILES string of the molecule is COc1ccc(F)c(OC)c1C(C)(C)N. The molecule has 0 saturated carbocycles. The van der Waals surface area contributed by atoms with E-state index in [0.29, 0.717) is 11.3 Å². The van der Waals surface area contributed by atoms with E-state index in [-0.39, 0.29) is 5.75 Å². The number of benzene rings is 1. The number of halogens is 1. The highest BCUT2D eigenvalue weighted by Crippen LogP contribution is 2.37. The number of hydrogen-bond donors (Lipinski definition) is 1. The van der Waals surface area contributed by atoms with Gasteiger partial charge in [0.15, 0.2) is 11.6 Å². The van der Waals surface area contributed by atoms with Gasteiger partial charge in [0, 0.05) is 5.54 Å². The molecule has 4 heteroatoms. The molecular formula is C11H16FNO2. The largest absolute Gasteiger partial charge is 0.496 e. The Morgan fingerprint density at radius 1 is 1.20 bits per heavy atom. The van der Waals surface area contributed by atoms with Crippen molar-refractivity contribution in [3.8, 4) is 11.5 Å². The summed E-state index contributed by atoms with van der Waals surface area (Å²) < 4.78 is 23.6. The Morgan fingerprint density at radius 2 is 1.80 bits per heavy atom. The van der Waals surface area contributed by atoms with Crippen LogP contribution in [0.2, 0.25) is 0 Å². The summed E-state index contributed by atoms with van der Waals surface area (Å²) >= 11 is 0. The molecule has 0 amide bonds. The minimum atomic E-state index is -0.723. The summed E-state index contributed by atoms with van der Waals surface area (Å²) in [7, 11) is 2.93. The van der Waals surface area contributed by atoms with Crippen LogP contribution >= 0.6 is 0 Å². The van der Waals surface area contributed by atoms with E-state index in [1.54, 1.807) is 19.9 Å². The molecule has 1 aromatic carbocycles. The first-order valence-electron chi connectivity index (χ1n) is 4.61. The van der Waals surface area contributed by atoms with Crippen LogP contribution in [-0.2, 0) is 5.54 Å². The van der Waals surface area contributed by atoms with Crippen molar-refractivity contribution in [3.05, 3.63) is 23.5 Å². The monoisotopic (exact) mass is 213 g/mol. The molecule has 0 aliphatic carbocycles. The molecule has 84 valence electrons. The predicted octanol–water partition coefficient (Wildman–Crippen LogP) is 2.04. The van der Waals surface area contributed by atoms with Crippen molar-refractivity contribution in [2.24, 2.45) is 5.73 Å². The standard InChI is InChI=1S/C11H16FNO2/c1-11(2,13)9-8(14-3)6-5-7(12)10(9)15-4/h5-6H,13H2,1-4H3. The van der Waals surface area contributed by atoms with E-state index in [1.165, 1.54) is 20.3 Å². The zero-order valence-electron chi connectivity index (χ0n) is 9.43. The molecule has 0 aliphatic rings. The summed E-state index contributed by atoms with van der Waals surface area (Å²) in [5.41, 5.74) is 5.76. The Kier molecular flexibility index (Phi) is 3.19. The van der Waals surface area contributed by atoms with Gasteiger partial charge in [-0.3, -0.25) is 0 Å². The number of hydrogen-bond acceptors (Lipinski definition) is 3. The predicted molar refractivity (Wildman–Crippen MR) is 56.7 cm³/mol. The van der Waals surface area contributed by atoms with Gasteiger partial charge in [-0.2, -0.15) is 0 Å². The molecule has 1 rings (SSSR count). The molecule has 15 heavy (non-hydrogen) atoms. The molecule has 2 N–H and O–H groups in total. The van der Waals surface area contributed by atoms with E-state index >= 15 is 0 Å². The van der Waals surface area contributed by atoms with Gasteiger partial charge in [0.1, 0.15) is 5.75 Å². The van der Waals surface area contributed by atoms with Crippen LogP contribution in [0.15, 0.2) is 12.1 Å². The van der Waals surface area contributed by atoms with E-state index in [2.05, 4.69) is 0 Å². The topological polar surface area (TPSA) is 44.5 Å². The van der Waals surface area contributed by atoms with Crippen molar-refractivity contribution in [2.45, 2.75) is 19.4 Å². The summed E-state index contributed by atoms with van der Waals surface area (Å²) in [5.74, 6) is 0.231. The van der Waals surface area contributed by atoms with Gasteiger partial charge >= 0.3 is 0 Å². The molecule has 3 nitrogen and oxygen atoms in total. The summed E-state index contributed by atoms with van der Waals surface area (Å²) in [5, 5.41) is 0. The average molecular weight is 213 g/mol. The van der Waals surface area contributed by atoms with E-state index in [0.717, 1.165) is 0 Å². The Morgan fingerprint density at radius 3 is 2.20 bits per heavy atom. The van der Waals surface area contributed by atoms with Crippen LogP contribution in [0.4, 0.5) is 4.39 Å². The summed E-state index contributed by atoms with van der Waals surface area (Å²) in [6.45, 7) is 3.54. The minimum absolute atomic E-state index is 0.141. The molecular weight excluding hydrogens is 197 g/mol. The van der Waals surface area contributed by atoms with Gasteiger partial charge in [0.25, 0.3) is 0 Å². The summed E-state index contributed by atoms with van der Waals surface area (Å²) in [4.78, 5) is 0. The van der Waals surface area contributed by atoms with Crippen LogP contribution in [0.25, 0.3) is 0 Å². The van der Waals surface area contributed by atoms with Crippen molar-refractivity contribution in [1.82, 2.24) is 0 Å². The fourth-order valence-electron chi connectivity index (χ4n) is 1.52. The zero-order chi connectivity index (χ0) is 11.6. The lowest BCUT2D eigenvalue weighted by Gasteiger charge is -2.24. The van der Waals surface area contributed by atoms with E-state index in [4.69, 9.17) is 15.2 Å². The van der Waals surface area contributed by atoms with Gasteiger partial charge < -0.3 is 15.2 Å². The first-order chi connectivity index (χ1) is 6.91. The highest BCUT2D eigenvalue weighted by molar-refractivity contribution is 5.49. The third-order valence-electron chi connectivity index (χ3n) is 2.14. The molecule has 1 aromatic rings. The van der Waals surface area contributed by atoms with Crippen LogP contribution in [0.3, 0.4) is 0 Å². The van der Waals surface area contributed by atoms with Gasteiger partial charge in [-0.15, -0.1) is 0 Å². The molecule has 0 fully saturated rings. The Hall–Kier alpha value is -1.29. The van der Waals surface area contributed by atoms with Crippen molar-refractivity contribution < 1.29 is 13.9 Å². The maximum atomic E-state index is 13.5. The molecule has 0 heterocycles. The Bertz CT molecular complexity index is 358. The second-order valence-corrected chi connectivity index (χ2v) is 3.88. The van der Waals surface area contributed by atoms with Gasteiger partial charge in [-0.05, 0) is 26.0 Å². The van der Waals surface area contributed by atoms with Crippen molar-refractivity contribution in [1.29, 1.82) is 0 Å². The average Bonchev–Trinajstić information content (AvgIpc) is 2.15. The third kappa shape index (κ3) is 2.21. The number of nitrogens with two attached hydrogens (primary N) is 1. The number of methoxy groups -OCH3 is 2. The van der Waals surface area contributed by atoms with E-state index < -0.39 is 11.4 Å². The minimum Gasteiger partial charge on any atom is -0.496 e. The maximum Gasteiger partial charge on any atom is 0.165 e. The van der Waals surface area contributed by atoms with Gasteiger partial charge in [-0.25, -0.2) is 4.39 Å². The molecule has 0 radical (unpaired) electrons. The Balaban J connectivity index is 3.48. The maximum absolute atomic E-state index is 13.5. The van der Waals surface area contributed by atoms with E-state index in [9.17, 15) is 4.39 Å². The Labute approximate surface area is 89.0 Å². The van der Waals surface area contributed by atoms with Crippen molar-refractivity contribution in [3.63, 3.8) is 0 Å². The third-order valence-corrected chi connectivity index (χ3v) is 2.14. The molecule has 0 bridgehead atoms. The van der Waals surface area contributed by atoms with Crippen LogP contribution in [0, 0.1) is 5.82 Å². The van der Waals surface area contributed by atoms with Crippen molar-refractivity contribution in [2.75, 3.05) is 14.2 Å². The fraction of sp³-hybridized carbons (Fsp3) is 0.455. The summed E-state index contributed by atoms with van der Waals surface area (Å²) in [6, 6.07) is 2.84. The molecule has 0 spiro atoms. The van der Waals surface area contributed by atoms with Gasteiger partial charge in [0.2, 0.25) is 0 Å². The quantitative estimate of drug-likeness (QED) is 0.835. The highest BCUT2D eigenvalue weighted by Gasteiger charge is 2.26. The van der Waals surface area contributed by atoms with Crippen LogP contribution < -0.4 is 15.2 Å². The fourth-order valence-corrected chi connectivity index (χ4v) is 1.52.